The Labute approximate surface area is 112 Å². The summed E-state index contributed by atoms with van der Waals surface area (Å²) in [5.41, 5.74) is 7.35. The minimum atomic E-state index is -0.186. The fraction of sp³-hybridized carbons (Fsp3) is 0.429. The number of ether oxygens (including phenoxy) is 1. The Morgan fingerprint density at radius 2 is 2.21 bits per heavy atom. The number of benzene rings is 1. The summed E-state index contributed by atoms with van der Waals surface area (Å²) < 4.78 is 5.58. The molecule has 1 fully saturated rings. The van der Waals surface area contributed by atoms with E-state index >= 15 is 0 Å². The van der Waals surface area contributed by atoms with Gasteiger partial charge in [0.05, 0.1) is 6.04 Å². The Morgan fingerprint density at radius 1 is 1.37 bits per heavy atom. The maximum atomic E-state index is 6.15. The van der Waals surface area contributed by atoms with Crippen LogP contribution in [0.15, 0.2) is 30.3 Å². The predicted molar refractivity (Wildman–Crippen MR) is 71.4 cm³/mol. The maximum Gasteiger partial charge on any atom is 0.167 e. The summed E-state index contributed by atoms with van der Waals surface area (Å²) in [4.78, 5) is 4.47. The molecule has 5 nitrogen and oxygen atoms in total. The normalized spacial score (nSPS) is 20.6. The Kier molecular flexibility index (Phi) is 3.57. The lowest BCUT2D eigenvalue weighted by molar-refractivity contribution is 0.105. The number of nitrogens with zero attached hydrogens (tertiary/aromatic N) is 2. The second kappa shape index (κ2) is 5.50. The molecule has 1 aromatic carbocycles. The number of rotatable bonds is 4. The Bertz CT molecular complexity index is 519. The molecule has 1 saturated heterocycles. The van der Waals surface area contributed by atoms with Gasteiger partial charge in [0.25, 0.3) is 0 Å². The van der Waals surface area contributed by atoms with Gasteiger partial charge >= 0.3 is 0 Å². The summed E-state index contributed by atoms with van der Waals surface area (Å²) in [6.45, 7) is 0.802. The van der Waals surface area contributed by atoms with E-state index in [-0.39, 0.29) is 12.1 Å². The molecule has 0 saturated carbocycles. The van der Waals surface area contributed by atoms with Crippen LogP contribution in [0.3, 0.4) is 0 Å². The van der Waals surface area contributed by atoms with Crippen molar-refractivity contribution in [2.75, 3.05) is 6.61 Å². The van der Waals surface area contributed by atoms with Crippen LogP contribution in [0.2, 0.25) is 0 Å². The summed E-state index contributed by atoms with van der Waals surface area (Å²) in [6.07, 6.45) is 2.88. The maximum absolute atomic E-state index is 6.15. The van der Waals surface area contributed by atoms with Crippen molar-refractivity contribution in [3.63, 3.8) is 0 Å². The van der Waals surface area contributed by atoms with Gasteiger partial charge in [-0.15, -0.1) is 0 Å². The first-order valence-corrected chi connectivity index (χ1v) is 6.66. The molecular formula is C14H18N4O. The van der Waals surface area contributed by atoms with Crippen LogP contribution < -0.4 is 5.73 Å². The van der Waals surface area contributed by atoms with Crippen molar-refractivity contribution < 1.29 is 4.74 Å². The van der Waals surface area contributed by atoms with E-state index in [1.54, 1.807) is 0 Å². The van der Waals surface area contributed by atoms with Crippen molar-refractivity contribution in [3.8, 4) is 0 Å². The lowest BCUT2D eigenvalue weighted by Crippen LogP contribution is -2.15. The number of nitrogens with two attached hydrogens (primary N) is 1. The monoisotopic (exact) mass is 258 g/mol. The van der Waals surface area contributed by atoms with Gasteiger partial charge < -0.3 is 10.5 Å². The van der Waals surface area contributed by atoms with Gasteiger partial charge in [-0.25, -0.2) is 4.98 Å². The van der Waals surface area contributed by atoms with Gasteiger partial charge in [0.1, 0.15) is 6.10 Å². The van der Waals surface area contributed by atoms with Crippen molar-refractivity contribution >= 4 is 0 Å². The summed E-state index contributed by atoms with van der Waals surface area (Å²) >= 11 is 0. The minimum Gasteiger partial charge on any atom is -0.370 e. The van der Waals surface area contributed by atoms with E-state index in [1.807, 2.05) is 18.2 Å². The van der Waals surface area contributed by atoms with Crippen molar-refractivity contribution in [3.05, 3.63) is 47.5 Å². The first-order chi connectivity index (χ1) is 9.33. The van der Waals surface area contributed by atoms with Crippen molar-refractivity contribution in [1.29, 1.82) is 0 Å². The lowest BCUT2D eigenvalue weighted by atomic mass is 10.1. The molecule has 2 aromatic rings. The van der Waals surface area contributed by atoms with Gasteiger partial charge in [-0.2, -0.15) is 5.10 Å². The molecule has 0 spiro atoms. The Morgan fingerprint density at radius 3 is 2.95 bits per heavy atom. The summed E-state index contributed by atoms with van der Waals surface area (Å²) in [7, 11) is 0. The van der Waals surface area contributed by atoms with Crippen LogP contribution in [-0.4, -0.2) is 21.8 Å². The molecule has 19 heavy (non-hydrogen) atoms. The number of hydrogen-bond donors (Lipinski definition) is 2. The molecule has 0 amide bonds. The van der Waals surface area contributed by atoms with Crippen LogP contribution >= 0.6 is 0 Å². The van der Waals surface area contributed by atoms with Crippen molar-refractivity contribution in [1.82, 2.24) is 15.2 Å². The molecule has 1 aliphatic rings. The van der Waals surface area contributed by atoms with Crippen LogP contribution in [0.5, 0.6) is 0 Å². The third kappa shape index (κ3) is 2.83. The lowest BCUT2D eigenvalue weighted by Gasteiger charge is -2.07. The van der Waals surface area contributed by atoms with E-state index in [2.05, 4.69) is 27.3 Å². The largest absolute Gasteiger partial charge is 0.370 e. The SMILES string of the molecule is N[C@@H](Cc1ccccc1)c1n[nH]c([C@H]2CCCO2)n1. The van der Waals surface area contributed by atoms with Gasteiger partial charge in [-0.3, -0.25) is 5.10 Å². The molecule has 0 unspecified atom stereocenters. The second-order valence-electron chi connectivity index (χ2n) is 4.88. The van der Waals surface area contributed by atoms with Gasteiger partial charge in [-0.05, 0) is 24.8 Å². The van der Waals surface area contributed by atoms with E-state index < -0.39 is 0 Å². The van der Waals surface area contributed by atoms with Crippen LogP contribution in [0.25, 0.3) is 0 Å². The first-order valence-electron chi connectivity index (χ1n) is 6.66. The fourth-order valence-corrected chi connectivity index (χ4v) is 2.35. The van der Waals surface area contributed by atoms with Gasteiger partial charge in [0.15, 0.2) is 11.6 Å². The molecule has 3 rings (SSSR count). The average Bonchev–Trinajstić information content (AvgIpc) is 3.11. The Hall–Kier alpha value is -1.72. The summed E-state index contributed by atoms with van der Waals surface area (Å²) in [5.74, 6) is 1.46. The highest BCUT2D eigenvalue weighted by Gasteiger charge is 2.22. The zero-order valence-electron chi connectivity index (χ0n) is 10.7. The number of aromatic nitrogens is 3. The molecular weight excluding hydrogens is 240 g/mol. The zero-order valence-corrected chi connectivity index (χ0v) is 10.7. The summed E-state index contributed by atoms with van der Waals surface area (Å²) in [5, 5.41) is 7.16. The molecule has 1 aliphatic heterocycles. The molecule has 0 aliphatic carbocycles. The highest BCUT2D eigenvalue weighted by molar-refractivity contribution is 5.17. The predicted octanol–water partition coefficient (Wildman–Crippen LogP) is 1.90. The van der Waals surface area contributed by atoms with E-state index in [1.165, 1.54) is 5.56 Å². The van der Waals surface area contributed by atoms with Crippen LogP contribution in [0, 0.1) is 0 Å². The highest BCUT2D eigenvalue weighted by atomic mass is 16.5. The van der Waals surface area contributed by atoms with Crippen LogP contribution in [-0.2, 0) is 11.2 Å². The zero-order chi connectivity index (χ0) is 13.1. The molecule has 5 heteroatoms. The summed E-state index contributed by atoms with van der Waals surface area (Å²) in [6, 6.07) is 9.96. The third-order valence-electron chi connectivity index (χ3n) is 3.38. The molecule has 3 N–H and O–H groups in total. The molecule has 100 valence electrons. The van der Waals surface area contributed by atoms with Crippen LogP contribution in [0.4, 0.5) is 0 Å². The van der Waals surface area contributed by atoms with Crippen molar-refractivity contribution in [2.45, 2.75) is 31.4 Å². The molecule has 0 radical (unpaired) electrons. The molecule has 1 aromatic heterocycles. The van der Waals surface area contributed by atoms with E-state index in [9.17, 15) is 0 Å². The van der Waals surface area contributed by atoms with E-state index in [0.717, 1.165) is 31.7 Å². The van der Waals surface area contributed by atoms with Gasteiger partial charge in [-0.1, -0.05) is 30.3 Å². The topological polar surface area (TPSA) is 76.8 Å². The first kappa shape index (κ1) is 12.3. The van der Waals surface area contributed by atoms with E-state index in [0.29, 0.717) is 5.82 Å². The van der Waals surface area contributed by atoms with E-state index in [4.69, 9.17) is 10.5 Å². The molecule has 2 atom stereocenters. The van der Waals surface area contributed by atoms with Crippen molar-refractivity contribution in [2.24, 2.45) is 5.73 Å². The van der Waals surface area contributed by atoms with Crippen LogP contribution in [0.1, 0.15) is 42.2 Å². The number of hydrogen-bond acceptors (Lipinski definition) is 4. The van der Waals surface area contributed by atoms with Gasteiger partial charge in [0.2, 0.25) is 0 Å². The number of H-pyrrole nitrogens is 1. The highest BCUT2D eigenvalue weighted by Crippen LogP contribution is 2.26. The molecule has 2 heterocycles. The Balaban J connectivity index is 1.68. The quantitative estimate of drug-likeness (QED) is 0.878. The smallest absolute Gasteiger partial charge is 0.167 e. The second-order valence-corrected chi connectivity index (χ2v) is 4.88. The minimum absolute atomic E-state index is 0.0603. The number of nitrogens with one attached hydrogen (secondary N) is 1. The average molecular weight is 258 g/mol. The fourth-order valence-electron chi connectivity index (χ4n) is 2.35. The third-order valence-corrected chi connectivity index (χ3v) is 3.38. The van der Waals surface area contributed by atoms with Gasteiger partial charge in [0, 0.05) is 6.61 Å². The number of aromatic amines is 1. The molecule has 0 bridgehead atoms. The standard InChI is InChI=1S/C14H18N4O/c15-11(9-10-5-2-1-3-6-10)13-16-14(18-17-13)12-7-4-8-19-12/h1-3,5-6,11-12H,4,7-9,15H2,(H,16,17,18)/t11-,12+/m0/s1.